The van der Waals surface area contributed by atoms with E-state index in [0.29, 0.717) is 5.56 Å². The molecule has 0 saturated carbocycles. The van der Waals surface area contributed by atoms with Crippen molar-refractivity contribution in [3.05, 3.63) is 29.3 Å². The highest BCUT2D eigenvalue weighted by Gasteiger charge is 2.25. The Morgan fingerprint density at radius 1 is 1.35 bits per heavy atom. The van der Waals surface area contributed by atoms with Gasteiger partial charge in [-0.25, -0.2) is 13.2 Å². The predicted octanol–water partition coefficient (Wildman–Crippen LogP) is 0.189. The van der Waals surface area contributed by atoms with Crippen molar-refractivity contribution in [1.82, 2.24) is 4.31 Å². The van der Waals surface area contributed by atoms with Crippen LogP contribution >= 0.6 is 0 Å². The molecular formula is C12H16N2O5S. The Morgan fingerprint density at radius 3 is 2.40 bits per heavy atom. The minimum atomic E-state index is -3.95. The van der Waals surface area contributed by atoms with Crippen molar-refractivity contribution in [2.24, 2.45) is 5.73 Å². The first-order valence-corrected chi connectivity index (χ1v) is 7.26. The van der Waals surface area contributed by atoms with E-state index in [0.717, 1.165) is 10.4 Å². The smallest absolute Gasteiger partial charge is 0.335 e. The number of hydrogen-bond donors (Lipinski definition) is 2. The molecule has 0 bridgehead atoms. The van der Waals surface area contributed by atoms with Crippen molar-refractivity contribution < 1.29 is 23.1 Å². The van der Waals surface area contributed by atoms with Crippen molar-refractivity contribution >= 4 is 21.9 Å². The Kier molecular flexibility index (Phi) is 4.85. The second-order valence-corrected chi connectivity index (χ2v) is 6.12. The van der Waals surface area contributed by atoms with E-state index < -0.39 is 28.4 Å². The number of primary amides is 1. The number of aryl methyl sites for hydroxylation is 1. The van der Waals surface area contributed by atoms with Gasteiger partial charge in [0.1, 0.15) is 0 Å². The first kappa shape index (κ1) is 16.1. The molecule has 7 nitrogen and oxygen atoms in total. The van der Waals surface area contributed by atoms with E-state index in [2.05, 4.69) is 0 Å². The molecule has 0 spiro atoms. The molecule has 110 valence electrons. The summed E-state index contributed by atoms with van der Waals surface area (Å²) in [6.45, 7) is 2.74. The van der Waals surface area contributed by atoms with E-state index in [4.69, 9.17) is 10.8 Å². The number of aromatic carboxylic acids is 1. The summed E-state index contributed by atoms with van der Waals surface area (Å²) in [5.74, 6) is -1.99. The second-order valence-electron chi connectivity index (χ2n) is 4.18. The van der Waals surface area contributed by atoms with Gasteiger partial charge in [-0.15, -0.1) is 0 Å². The monoisotopic (exact) mass is 300 g/mol. The molecule has 1 aromatic carbocycles. The standard InChI is InChI=1S/C12H16N2O5S/c1-3-14(7-11(13)15)20(18,19)9-5-4-8(2)10(6-9)12(16)17/h4-6H,3,7H2,1-2H3,(H2,13,15)(H,16,17). The van der Waals surface area contributed by atoms with Crippen LogP contribution in [0.3, 0.4) is 0 Å². The van der Waals surface area contributed by atoms with Crippen molar-refractivity contribution in [2.45, 2.75) is 18.7 Å². The molecule has 0 saturated heterocycles. The first-order chi connectivity index (χ1) is 9.20. The number of likely N-dealkylation sites (N-methyl/N-ethyl adjacent to an activating group) is 1. The molecule has 1 amide bonds. The third kappa shape index (κ3) is 3.34. The molecule has 0 fully saturated rings. The van der Waals surface area contributed by atoms with Gasteiger partial charge in [-0.1, -0.05) is 13.0 Å². The number of carboxylic acids is 1. The summed E-state index contributed by atoms with van der Waals surface area (Å²) in [6, 6.07) is 3.80. The van der Waals surface area contributed by atoms with Crippen LogP contribution in [0.1, 0.15) is 22.8 Å². The van der Waals surface area contributed by atoms with E-state index in [9.17, 15) is 18.0 Å². The van der Waals surface area contributed by atoms with E-state index in [-0.39, 0.29) is 17.0 Å². The third-order valence-electron chi connectivity index (χ3n) is 2.76. The molecule has 0 aliphatic rings. The number of hydrogen-bond acceptors (Lipinski definition) is 4. The maximum Gasteiger partial charge on any atom is 0.335 e. The fraction of sp³-hybridized carbons (Fsp3) is 0.333. The van der Waals surface area contributed by atoms with Gasteiger partial charge in [0.25, 0.3) is 0 Å². The molecule has 0 unspecified atom stereocenters. The molecule has 0 aliphatic carbocycles. The van der Waals surface area contributed by atoms with Crippen molar-refractivity contribution in [3.8, 4) is 0 Å². The lowest BCUT2D eigenvalue weighted by Crippen LogP contribution is -2.38. The predicted molar refractivity (Wildman–Crippen MR) is 71.8 cm³/mol. The maximum atomic E-state index is 12.3. The van der Waals surface area contributed by atoms with Crippen LogP contribution in [-0.2, 0) is 14.8 Å². The van der Waals surface area contributed by atoms with Gasteiger partial charge in [-0.2, -0.15) is 4.31 Å². The SMILES string of the molecule is CCN(CC(N)=O)S(=O)(=O)c1ccc(C)c(C(=O)O)c1. The molecule has 1 rings (SSSR count). The highest BCUT2D eigenvalue weighted by atomic mass is 32.2. The fourth-order valence-electron chi connectivity index (χ4n) is 1.68. The average molecular weight is 300 g/mol. The number of nitrogens with zero attached hydrogens (tertiary/aromatic N) is 1. The van der Waals surface area contributed by atoms with Gasteiger partial charge in [0.2, 0.25) is 15.9 Å². The average Bonchev–Trinajstić information content (AvgIpc) is 2.35. The lowest BCUT2D eigenvalue weighted by Gasteiger charge is -2.19. The summed E-state index contributed by atoms with van der Waals surface area (Å²) in [5.41, 5.74) is 5.36. The fourth-order valence-corrected chi connectivity index (χ4v) is 3.12. The lowest BCUT2D eigenvalue weighted by molar-refractivity contribution is -0.118. The second kappa shape index (κ2) is 6.02. The zero-order valence-electron chi connectivity index (χ0n) is 11.2. The van der Waals surface area contributed by atoms with Crippen molar-refractivity contribution in [3.63, 3.8) is 0 Å². The van der Waals surface area contributed by atoms with Crippen LogP contribution in [0, 0.1) is 6.92 Å². The highest BCUT2D eigenvalue weighted by Crippen LogP contribution is 2.19. The van der Waals surface area contributed by atoms with Gasteiger partial charge in [0.05, 0.1) is 17.0 Å². The largest absolute Gasteiger partial charge is 0.478 e. The molecular weight excluding hydrogens is 284 g/mol. The molecule has 0 aliphatic heterocycles. The van der Waals surface area contributed by atoms with E-state index >= 15 is 0 Å². The Bertz CT molecular complexity index is 639. The molecule has 8 heteroatoms. The van der Waals surface area contributed by atoms with Gasteiger partial charge in [0, 0.05) is 6.54 Å². The van der Waals surface area contributed by atoms with Crippen molar-refractivity contribution in [2.75, 3.05) is 13.1 Å². The molecule has 0 atom stereocenters. The Morgan fingerprint density at radius 2 is 1.95 bits per heavy atom. The summed E-state index contributed by atoms with van der Waals surface area (Å²) in [4.78, 5) is 21.8. The third-order valence-corrected chi connectivity index (χ3v) is 4.68. The summed E-state index contributed by atoms with van der Waals surface area (Å²) >= 11 is 0. The number of carbonyl (C=O) groups excluding carboxylic acids is 1. The van der Waals surface area contributed by atoms with Crippen LogP contribution in [-0.4, -0.2) is 42.8 Å². The number of amides is 1. The minimum Gasteiger partial charge on any atom is -0.478 e. The molecule has 0 aromatic heterocycles. The van der Waals surface area contributed by atoms with Crippen LogP contribution in [0.2, 0.25) is 0 Å². The zero-order chi connectivity index (χ0) is 15.5. The van der Waals surface area contributed by atoms with E-state index in [1.165, 1.54) is 12.1 Å². The summed E-state index contributed by atoms with van der Waals surface area (Å²) in [5, 5.41) is 9.01. The Labute approximate surface area is 117 Å². The Hall–Kier alpha value is -1.93. The van der Waals surface area contributed by atoms with E-state index in [1.54, 1.807) is 13.8 Å². The summed E-state index contributed by atoms with van der Waals surface area (Å²) in [6.07, 6.45) is 0. The van der Waals surface area contributed by atoms with E-state index in [1.807, 2.05) is 0 Å². The van der Waals surface area contributed by atoms with Crippen LogP contribution in [0.15, 0.2) is 23.1 Å². The number of sulfonamides is 1. The van der Waals surface area contributed by atoms with Gasteiger partial charge >= 0.3 is 5.97 Å². The number of carbonyl (C=O) groups is 2. The van der Waals surface area contributed by atoms with Crippen LogP contribution in [0.5, 0.6) is 0 Å². The summed E-state index contributed by atoms with van der Waals surface area (Å²) in [7, 11) is -3.95. The molecule has 20 heavy (non-hydrogen) atoms. The highest BCUT2D eigenvalue weighted by molar-refractivity contribution is 7.89. The van der Waals surface area contributed by atoms with Gasteiger partial charge in [-0.3, -0.25) is 4.79 Å². The first-order valence-electron chi connectivity index (χ1n) is 5.82. The lowest BCUT2D eigenvalue weighted by atomic mass is 10.1. The van der Waals surface area contributed by atoms with Gasteiger partial charge < -0.3 is 10.8 Å². The minimum absolute atomic E-state index is 0.0571. The molecule has 1 aromatic rings. The van der Waals surface area contributed by atoms with Crippen LogP contribution < -0.4 is 5.73 Å². The van der Waals surface area contributed by atoms with Gasteiger partial charge in [-0.05, 0) is 24.6 Å². The normalized spacial score (nSPS) is 11.6. The molecule has 0 radical (unpaired) electrons. The Balaban J connectivity index is 3.31. The number of carboxylic acid groups (broad SMARTS) is 1. The van der Waals surface area contributed by atoms with Crippen molar-refractivity contribution in [1.29, 1.82) is 0 Å². The quantitative estimate of drug-likeness (QED) is 0.777. The summed E-state index contributed by atoms with van der Waals surface area (Å²) < 4.78 is 25.5. The number of nitrogens with two attached hydrogens (primary N) is 1. The van der Waals surface area contributed by atoms with Crippen LogP contribution in [0.4, 0.5) is 0 Å². The maximum absolute atomic E-state index is 12.3. The van der Waals surface area contributed by atoms with Gasteiger partial charge in [0.15, 0.2) is 0 Å². The number of benzene rings is 1. The molecule has 0 heterocycles. The molecule has 3 N–H and O–H groups in total. The topological polar surface area (TPSA) is 118 Å². The number of rotatable bonds is 6. The zero-order valence-corrected chi connectivity index (χ0v) is 12.0. The van der Waals surface area contributed by atoms with Crippen LogP contribution in [0.25, 0.3) is 0 Å².